The third kappa shape index (κ3) is 2.22. The van der Waals surface area contributed by atoms with E-state index in [2.05, 4.69) is 0 Å². The van der Waals surface area contributed by atoms with Gasteiger partial charge in [-0.15, -0.1) is 0 Å². The second kappa shape index (κ2) is 4.27. The molecule has 72 valence electrons. The first-order valence-corrected chi connectivity index (χ1v) is 3.71. The van der Waals surface area contributed by atoms with Crippen LogP contribution in [0.2, 0.25) is 0 Å². The zero-order valence-electron chi connectivity index (χ0n) is 7.01. The summed E-state index contributed by atoms with van der Waals surface area (Å²) in [5, 5.41) is 10.5. The molecule has 0 unspecified atom stereocenters. The van der Waals surface area contributed by atoms with Crippen molar-refractivity contribution in [1.82, 2.24) is 0 Å². The van der Waals surface area contributed by atoms with E-state index in [1.807, 2.05) is 0 Å². The fourth-order valence-electron chi connectivity index (χ4n) is 0.959. The third-order valence-corrected chi connectivity index (χ3v) is 1.54. The molecule has 0 heterocycles. The van der Waals surface area contributed by atoms with Crippen LogP contribution in [0.15, 0.2) is 24.3 Å². The molecule has 5 heteroatoms. The van der Waals surface area contributed by atoms with Gasteiger partial charge in [-0.1, -0.05) is 0 Å². The van der Waals surface area contributed by atoms with E-state index >= 15 is 0 Å². The molecule has 0 radical (unpaired) electrons. The van der Waals surface area contributed by atoms with Gasteiger partial charge in [-0.25, -0.2) is 4.39 Å². The molecule has 0 saturated heterocycles. The second-order valence-corrected chi connectivity index (χ2v) is 2.46. The molecule has 0 saturated carbocycles. The minimum absolute atomic E-state index is 0.198. The number of nitrogens with zero attached hydrogens (tertiary/aromatic N) is 1. The lowest BCUT2D eigenvalue weighted by Gasteiger charge is -1.96. The number of aldehydes is 1. The Morgan fingerprint density at radius 3 is 2.71 bits per heavy atom. The standard InChI is InChI=1S/C9H6FNO3/c10-8-4-3-7(2-1-5-12)9(6-8)11(13)14/h1-6H. The number of benzene rings is 1. The molecule has 0 fully saturated rings. The lowest BCUT2D eigenvalue weighted by Crippen LogP contribution is -1.92. The zero-order valence-corrected chi connectivity index (χ0v) is 7.01. The van der Waals surface area contributed by atoms with Crippen LogP contribution in [0.5, 0.6) is 0 Å². The molecule has 1 aromatic carbocycles. The van der Waals surface area contributed by atoms with Crippen molar-refractivity contribution >= 4 is 18.0 Å². The summed E-state index contributed by atoms with van der Waals surface area (Å²) in [5.41, 5.74) is -0.161. The number of nitro benzene ring substituents is 1. The number of hydrogen-bond acceptors (Lipinski definition) is 3. The van der Waals surface area contributed by atoms with Crippen LogP contribution in [0.3, 0.4) is 0 Å². The molecule has 0 spiro atoms. The van der Waals surface area contributed by atoms with Crippen LogP contribution in [0, 0.1) is 15.9 Å². The number of carbonyl (C=O) groups excluding carboxylic acids is 1. The van der Waals surface area contributed by atoms with E-state index in [1.165, 1.54) is 12.1 Å². The summed E-state index contributed by atoms with van der Waals surface area (Å²) in [6.45, 7) is 0. The SMILES string of the molecule is O=CC=Cc1ccc(F)cc1[N+](=O)[O-]. The number of rotatable bonds is 3. The highest BCUT2D eigenvalue weighted by Crippen LogP contribution is 2.20. The van der Waals surface area contributed by atoms with E-state index in [1.54, 1.807) is 0 Å². The Balaban J connectivity index is 3.21. The highest BCUT2D eigenvalue weighted by Gasteiger charge is 2.11. The van der Waals surface area contributed by atoms with E-state index in [0.717, 1.165) is 18.2 Å². The van der Waals surface area contributed by atoms with Gasteiger partial charge in [0.25, 0.3) is 5.69 Å². The van der Waals surface area contributed by atoms with Gasteiger partial charge in [-0.2, -0.15) is 0 Å². The van der Waals surface area contributed by atoms with Gasteiger partial charge >= 0.3 is 0 Å². The molecule has 1 rings (SSSR count). The quantitative estimate of drug-likeness (QED) is 0.320. The third-order valence-electron chi connectivity index (χ3n) is 1.54. The average molecular weight is 195 g/mol. The number of halogens is 1. The predicted octanol–water partition coefficient (Wildman–Crippen LogP) is 1.95. The van der Waals surface area contributed by atoms with Gasteiger partial charge in [0.1, 0.15) is 12.1 Å². The van der Waals surface area contributed by atoms with Crippen LogP contribution < -0.4 is 0 Å². The number of allylic oxidation sites excluding steroid dienone is 1. The summed E-state index contributed by atoms with van der Waals surface area (Å²) >= 11 is 0. The maximum Gasteiger partial charge on any atom is 0.279 e. The molecule has 14 heavy (non-hydrogen) atoms. The molecule has 1 aromatic rings. The Bertz CT molecular complexity index is 401. The number of hydrogen-bond donors (Lipinski definition) is 0. The van der Waals surface area contributed by atoms with Crippen LogP contribution >= 0.6 is 0 Å². The van der Waals surface area contributed by atoms with E-state index in [4.69, 9.17) is 0 Å². The van der Waals surface area contributed by atoms with E-state index < -0.39 is 10.7 Å². The minimum Gasteiger partial charge on any atom is -0.299 e. The van der Waals surface area contributed by atoms with Crippen molar-refractivity contribution < 1.29 is 14.1 Å². The van der Waals surface area contributed by atoms with Crippen LogP contribution in [0.4, 0.5) is 10.1 Å². The smallest absolute Gasteiger partial charge is 0.279 e. The Kier molecular flexibility index (Phi) is 3.06. The highest BCUT2D eigenvalue weighted by molar-refractivity contribution is 5.76. The van der Waals surface area contributed by atoms with Gasteiger partial charge < -0.3 is 0 Å². The van der Waals surface area contributed by atoms with Crippen molar-refractivity contribution in [2.24, 2.45) is 0 Å². The van der Waals surface area contributed by atoms with Gasteiger partial charge in [-0.05, 0) is 24.3 Å². The summed E-state index contributed by atoms with van der Waals surface area (Å²) in [6, 6.07) is 3.15. The lowest BCUT2D eigenvalue weighted by molar-refractivity contribution is -0.385. The molecular weight excluding hydrogens is 189 g/mol. The molecule has 0 aliphatic heterocycles. The first-order valence-electron chi connectivity index (χ1n) is 3.71. The van der Waals surface area contributed by atoms with Gasteiger partial charge in [0.05, 0.1) is 16.6 Å². The van der Waals surface area contributed by atoms with Gasteiger partial charge in [-0.3, -0.25) is 14.9 Å². The fourth-order valence-corrected chi connectivity index (χ4v) is 0.959. The first kappa shape index (κ1) is 10.0. The molecular formula is C9H6FNO3. The van der Waals surface area contributed by atoms with Crippen molar-refractivity contribution in [3.63, 3.8) is 0 Å². The Hall–Kier alpha value is -2.04. The molecule has 0 bridgehead atoms. The van der Waals surface area contributed by atoms with Crippen LogP contribution in [0.1, 0.15) is 5.56 Å². The molecule has 0 aromatic heterocycles. The van der Waals surface area contributed by atoms with E-state index in [0.29, 0.717) is 6.29 Å². The number of carbonyl (C=O) groups is 1. The second-order valence-electron chi connectivity index (χ2n) is 2.46. The Morgan fingerprint density at radius 2 is 2.14 bits per heavy atom. The average Bonchev–Trinajstić information content (AvgIpc) is 2.15. The summed E-state index contributed by atoms with van der Waals surface area (Å²) in [7, 11) is 0. The maximum absolute atomic E-state index is 12.6. The fraction of sp³-hybridized carbons (Fsp3) is 0. The normalized spacial score (nSPS) is 10.4. The number of nitro groups is 1. The summed E-state index contributed by atoms with van der Waals surface area (Å²) in [6.07, 6.45) is 2.86. The summed E-state index contributed by atoms with van der Waals surface area (Å²) < 4.78 is 12.6. The molecule has 4 nitrogen and oxygen atoms in total. The van der Waals surface area contributed by atoms with Crippen molar-refractivity contribution in [2.75, 3.05) is 0 Å². The van der Waals surface area contributed by atoms with Crippen molar-refractivity contribution in [3.05, 3.63) is 45.8 Å². The van der Waals surface area contributed by atoms with Gasteiger partial charge in [0, 0.05) is 0 Å². The van der Waals surface area contributed by atoms with Crippen LogP contribution in [-0.4, -0.2) is 11.2 Å². The molecule has 0 aliphatic carbocycles. The lowest BCUT2D eigenvalue weighted by atomic mass is 10.1. The first-order chi connectivity index (χ1) is 6.65. The van der Waals surface area contributed by atoms with Crippen molar-refractivity contribution in [1.29, 1.82) is 0 Å². The van der Waals surface area contributed by atoms with Gasteiger partial charge in [0.15, 0.2) is 0 Å². The van der Waals surface area contributed by atoms with Crippen molar-refractivity contribution in [2.45, 2.75) is 0 Å². The maximum atomic E-state index is 12.6. The van der Waals surface area contributed by atoms with Crippen LogP contribution in [0.25, 0.3) is 6.08 Å². The highest BCUT2D eigenvalue weighted by atomic mass is 19.1. The van der Waals surface area contributed by atoms with Gasteiger partial charge in [0.2, 0.25) is 0 Å². The minimum atomic E-state index is -0.701. The molecule has 0 N–H and O–H groups in total. The molecule has 0 atom stereocenters. The largest absolute Gasteiger partial charge is 0.299 e. The van der Waals surface area contributed by atoms with E-state index in [9.17, 15) is 19.3 Å². The zero-order chi connectivity index (χ0) is 10.6. The Labute approximate surface area is 78.8 Å². The summed E-state index contributed by atoms with van der Waals surface area (Å²) in [4.78, 5) is 19.7. The molecule has 0 aliphatic rings. The van der Waals surface area contributed by atoms with Crippen molar-refractivity contribution in [3.8, 4) is 0 Å². The topological polar surface area (TPSA) is 60.2 Å². The molecule has 0 amide bonds. The predicted molar refractivity (Wildman–Crippen MR) is 48.2 cm³/mol. The summed E-state index contributed by atoms with van der Waals surface area (Å²) in [5.74, 6) is -0.681. The van der Waals surface area contributed by atoms with E-state index in [-0.39, 0.29) is 11.3 Å². The Morgan fingerprint density at radius 1 is 1.43 bits per heavy atom. The van der Waals surface area contributed by atoms with Crippen LogP contribution in [-0.2, 0) is 4.79 Å². The monoisotopic (exact) mass is 195 g/mol.